The predicted molar refractivity (Wildman–Crippen MR) is 147 cm³/mol. The average molecular weight is 572 g/mol. The van der Waals surface area contributed by atoms with Gasteiger partial charge in [-0.2, -0.15) is 0 Å². The third kappa shape index (κ3) is 6.25. The Morgan fingerprint density at radius 3 is 2.23 bits per heavy atom. The second-order valence-corrected chi connectivity index (χ2v) is 10.7. The van der Waals surface area contributed by atoms with Crippen LogP contribution in [0.4, 0.5) is 15.1 Å². The number of hydrogen-bond acceptors (Lipinski definition) is 6. The highest BCUT2D eigenvalue weighted by molar-refractivity contribution is 6.30. The number of aromatic nitrogens is 2. The topological polar surface area (TPSA) is 78.9 Å². The van der Waals surface area contributed by atoms with Crippen LogP contribution in [0, 0.1) is 11.7 Å². The van der Waals surface area contributed by atoms with Crippen LogP contribution in [-0.4, -0.2) is 71.0 Å². The number of nitrogens with zero attached hydrogens (tertiary/aromatic N) is 5. The highest BCUT2D eigenvalue weighted by Crippen LogP contribution is 2.34. The maximum atomic E-state index is 13.6. The van der Waals surface area contributed by atoms with Crippen molar-refractivity contribution in [3.63, 3.8) is 0 Å². The van der Waals surface area contributed by atoms with Gasteiger partial charge < -0.3 is 19.4 Å². The van der Waals surface area contributed by atoms with Crippen molar-refractivity contribution in [3.8, 4) is 5.75 Å². The van der Waals surface area contributed by atoms with Crippen LogP contribution in [0.15, 0.2) is 60.9 Å². The number of carbonyl (C=O) groups is 2. The maximum Gasteiger partial charge on any atom is 0.415 e. The lowest BCUT2D eigenvalue weighted by Crippen LogP contribution is -2.45. The monoisotopic (exact) mass is 571 g/mol. The van der Waals surface area contributed by atoms with Crippen LogP contribution in [0.25, 0.3) is 0 Å². The molecule has 2 aliphatic heterocycles. The second-order valence-electron chi connectivity index (χ2n) is 9.86. The normalized spacial score (nSPS) is 19.7. The number of likely N-dealkylation sites (N-methyl/N-ethyl adjacent to an activating group) is 1. The van der Waals surface area contributed by atoms with Gasteiger partial charge in [-0.25, -0.2) is 19.2 Å². The van der Waals surface area contributed by atoms with Crippen molar-refractivity contribution in [1.29, 1.82) is 0 Å². The molecule has 3 aromatic rings. The highest BCUT2D eigenvalue weighted by atomic mass is 35.5. The Labute approximate surface area is 236 Å². The number of rotatable bonds is 5. The summed E-state index contributed by atoms with van der Waals surface area (Å²) in [4.78, 5) is 40.7. The van der Waals surface area contributed by atoms with E-state index in [2.05, 4.69) is 14.9 Å². The van der Waals surface area contributed by atoms with Gasteiger partial charge in [-0.1, -0.05) is 35.3 Å². The lowest BCUT2D eigenvalue weighted by molar-refractivity contribution is -0.135. The molecule has 204 valence electrons. The van der Waals surface area contributed by atoms with Gasteiger partial charge in [0.25, 0.3) is 0 Å². The third-order valence-electron chi connectivity index (χ3n) is 7.44. The van der Waals surface area contributed by atoms with Crippen molar-refractivity contribution >= 4 is 41.2 Å². The fraction of sp³-hybridized carbons (Fsp3) is 0.357. The fourth-order valence-electron chi connectivity index (χ4n) is 5.26. The van der Waals surface area contributed by atoms with E-state index in [0.717, 1.165) is 5.56 Å². The minimum absolute atomic E-state index is 0.0773. The van der Waals surface area contributed by atoms with E-state index in [-0.39, 0.29) is 29.5 Å². The van der Waals surface area contributed by atoms with Crippen LogP contribution in [-0.2, 0) is 4.79 Å². The van der Waals surface area contributed by atoms with Crippen LogP contribution in [0.1, 0.15) is 24.3 Å². The van der Waals surface area contributed by atoms with Crippen LogP contribution in [0.3, 0.4) is 0 Å². The van der Waals surface area contributed by atoms with Gasteiger partial charge in [-0.3, -0.25) is 4.79 Å². The number of hydrogen-bond donors (Lipinski definition) is 0. The van der Waals surface area contributed by atoms with E-state index in [1.807, 2.05) is 29.2 Å². The molecule has 0 unspecified atom stereocenters. The highest BCUT2D eigenvalue weighted by Gasteiger charge is 2.42. The molecule has 11 heteroatoms. The van der Waals surface area contributed by atoms with E-state index in [4.69, 9.17) is 27.9 Å². The molecule has 2 fully saturated rings. The van der Waals surface area contributed by atoms with E-state index < -0.39 is 11.9 Å². The number of halogens is 3. The molecule has 2 aromatic carbocycles. The van der Waals surface area contributed by atoms with Crippen molar-refractivity contribution in [2.45, 2.75) is 24.8 Å². The smallest absolute Gasteiger partial charge is 0.410 e. The van der Waals surface area contributed by atoms with E-state index in [9.17, 15) is 14.0 Å². The van der Waals surface area contributed by atoms with E-state index >= 15 is 0 Å². The predicted octanol–water partition coefficient (Wildman–Crippen LogP) is 5.26. The molecule has 2 amide bonds. The van der Waals surface area contributed by atoms with Crippen molar-refractivity contribution in [2.75, 3.05) is 38.1 Å². The molecule has 0 saturated carbocycles. The molecule has 2 saturated heterocycles. The van der Waals surface area contributed by atoms with Crippen molar-refractivity contribution in [3.05, 3.63) is 82.4 Å². The lowest BCUT2D eigenvalue weighted by Gasteiger charge is -2.33. The van der Waals surface area contributed by atoms with Gasteiger partial charge in [0.2, 0.25) is 11.9 Å². The summed E-state index contributed by atoms with van der Waals surface area (Å²) in [5.74, 6) is 0.263. The quantitative estimate of drug-likeness (QED) is 0.415. The SMILES string of the molecule is CN(C(=O)Oc1ccc(F)cc1)[C@@H]1CN(C(=O)C2CCN(c3ncc(Cl)cn3)CC2)C[C@H]1c1ccc(Cl)cc1. The summed E-state index contributed by atoms with van der Waals surface area (Å²) in [5.41, 5.74) is 0.982. The molecule has 39 heavy (non-hydrogen) atoms. The summed E-state index contributed by atoms with van der Waals surface area (Å²) in [6.07, 6.45) is 3.93. The molecule has 5 rings (SSSR count). The summed E-state index contributed by atoms with van der Waals surface area (Å²) >= 11 is 12.0. The van der Waals surface area contributed by atoms with Crippen LogP contribution >= 0.6 is 23.2 Å². The molecule has 2 atom stereocenters. The Kier molecular flexibility index (Phi) is 8.18. The molecular formula is C28H28Cl2FN5O3. The number of likely N-dealkylation sites (tertiary alicyclic amines) is 1. The Bertz CT molecular complexity index is 1300. The summed E-state index contributed by atoms with van der Waals surface area (Å²) in [6.45, 7) is 2.18. The molecule has 0 spiro atoms. The number of piperidine rings is 1. The van der Waals surface area contributed by atoms with Crippen LogP contribution in [0.2, 0.25) is 10.0 Å². The first-order valence-electron chi connectivity index (χ1n) is 12.8. The zero-order valence-corrected chi connectivity index (χ0v) is 22.9. The molecule has 8 nitrogen and oxygen atoms in total. The minimum atomic E-state index is -0.573. The minimum Gasteiger partial charge on any atom is -0.410 e. The Balaban J connectivity index is 1.28. The van der Waals surface area contributed by atoms with Gasteiger partial charge in [0.15, 0.2) is 0 Å². The standard InChI is InChI=1S/C28H28Cl2FN5O3/c1-34(28(38)39-23-8-6-22(31)7-9-23)25-17-36(16-24(25)18-2-4-20(29)5-3-18)26(37)19-10-12-35(13-11-19)27-32-14-21(30)15-33-27/h2-9,14-15,19,24-25H,10-13,16-17H2,1H3/t24-,25+/m0/s1. The van der Waals surface area contributed by atoms with E-state index in [1.54, 1.807) is 19.4 Å². The second kappa shape index (κ2) is 11.8. The molecule has 1 aromatic heterocycles. The van der Waals surface area contributed by atoms with Gasteiger partial charge in [0.05, 0.1) is 23.5 Å². The van der Waals surface area contributed by atoms with Gasteiger partial charge in [-0.05, 0) is 54.8 Å². The number of amides is 2. The van der Waals surface area contributed by atoms with Crippen molar-refractivity contribution < 1.29 is 18.7 Å². The zero-order chi connectivity index (χ0) is 27.5. The molecule has 3 heterocycles. The van der Waals surface area contributed by atoms with Crippen molar-refractivity contribution in [2.24, 2.45) is 5.92 Å². The average Bonchev–Trinajstić information content (AvgIpc) is 3.40. The summed E-state index contributed by atoms with van der Waals surface area (Å²) in [5, 5.41) is 1.09. The molecule has 0 radical (unpaired) electrons. The largest absolute Gasteiger partial charge is 0.415 e. The van der Waals surface area contributed by atoms with E-state index in [1.165, 1.54) is 29.2 Å². The van der Waals surface area contributed by atoms with E-state index in [0.29, 0.717) is 55.0 Å². The first-order chi connectivity index (χ1) is 18.8. The maximum absolute atomic E-state index is 13.6. The zero-order valence-electron chi connectivity index (χ0n) is 21.3. The lowest BCUT2D eigenvalue weighted by atomic mass is 9.93. The van der Waals surface area contributed by atoms with Crippen molar-refractivity contribution in [1.82, 2.24) is 19.8 Å². The Hall–Kier alpha value is -3.43. The summed E-state index contributed by atoms with van der Waals surface area (Å²) in [7, 11) is 1.66. The van der Waals surface area contributed by atoms with Crippen LogP contribution in [0.5, 0.6) is 5.75 Å². The molecule has 0 bridgehead atoms. The molecular weight excluding hydrogens is 544 g/mol. The molecule has 0 aliphatic carbocycles. The molecule has 0 N–H and O–H groups in total. The van der Waals surface area contributed by atoms with Gasteiger partial charge in [-0.15, -0.1) is 0 Å². The van der Waals surface area contributed by atoms with Gasteiger partial charge in [0.1, 0.15) is 11.6 Å². The third-order valence-corrected chi connectivity index (χ3v) is 7.88. The van der Waals surface area contributed by atoms with Gasteiger partial charge >= 0.3 is 6.09 Å². The van der Waals surface area contributed by atoms with Crippen LogP contribution < -0.4 is 9.64 Å². The summed E-state index contributed by atoms with van der Waals surface area (Å²) < 4.78 is 18.8. The first-order valence-corrected chi connectivity index (χ1v) is 13.5. The summed E-state index contributed by atoms with van der Waals surface area (Å²) in [6, 6.07) is 12.4. The first kappa shape index (κ1) is 27.1. The Morgan fingerprint density at radius 1 is 0.949 bits per heavy atom. The fourth-order valence-corrected chi connectivity index (χ4v) is 5.48. The molecule has 2 aliphatic rings. The number of ether oxygens (including phenoxy) is 1. The Morgan fingerprint density at radius 2 is 1.59 bits per heavy atom. The number of carbonyl (C=O) groups excluding carboxylic acids is 2. The number of benzene rings is 2. The number of anilines is 1. The van der Waals surface area contributed by atoms with Gasteiger partial charge in [0, 0.05) is 50.1 Å².